The largest absolute Gasteiger partial charge is 0.354 e. The van der Waals surface area contributed by atoms with Crippen molar-refractivity contribution in [2.24, 2.45) is 5.92 Å². The number of aryl methyl sites for hydroxylation is 1. The third-order valence-corrected chi connectivity index (χ3v) is 8.77. The molecule has 0 aliphatic carbocycles. The number of amides is 3. The first-order chi connectivity index (χ1) is 22.3. The Labute approximate surface area is 266 Å². The van der Waals surface area contributed by atoms with Gasteiger partial charge < -0.3 is 14.9 Å². The second-order valence-electron chi connectivity index (χ2n) is 12.4. The molecule has 230 valence electrons. The Morgan fingerprint density at radius 1 is 0.826 bits per heavy atom. The molecule has 1 aliphatic heterocycles. The summed E-state index contributed by atoms with van der Waals surface area (Å²) in [5, 5.41) is 1.87. The lowest BCUT2D eigenvalue weighted by molar-refractivity contribution is -0.127. The highest BCUT2D eigenvalue weighted by Crippen LogP contribution is 2.47. The Balaban J connectivity index is 1.30. The van der Waals surface area contributed by atoms with Crippen LogP contribution in [0.2, 0.25) is 0 Å². The fourth-order valence-electron chi connectivity index (χ4n) is 6.61. The third kappa shape index (κ3) is 5.11. The molecule has 8 heteroatoms. The Morgan fingerprint density at radius 2 is 1.52 bits per heavy atom. The lowest BCUT2D eigenvalue weighted by Gasteiger charge is -2.34. The minimum atomic E-state index is -0.868. The van der Waals surface area contributed by atoms with E-state index in [2.05, 4.69) is 58.1 Å². The van der Waals surface area contributed by atoms with E-state index in [-0.39, 0.29) is 11.8 Å². The van der Waals surface area contributed by atoms with E-state index in [9.17, 15) is 14.4 Å². The highest BCUT2D eigenvalue weighted by Gasteiger charge is 2.46. The molecule has 0 bridgehead atoms. The van der Waals surface area contributed by atoms with Crippen LogP contribution in [-0.2, 0) is 4.79 Å². The topological polar surface area (TPSA) is 110 Å². The van der Waals surface area contributed by atoms with Crippen LogP contribution in [0.1, 0.15) is 63.8 Å². The molecule has 1 aliphatic rings. The molecule has 0 saturated heterocycles. The highest BCUT2D eigenvalue weighted by molar-refractivity contribution is 6.05. The fourth-order valence-corrected chi connectivity index (χ4v) is 6.61. The predicted molar refractivity (Wildman–Crippen MR) is 180 cm³/mol. The second kappa shape index (κ2) is 11.7. The van der Waals surface area contributed by atoms with Gasteiger partial charge in [0.2, 0.25) is 0 Å². The summed E-state index contributed by atoms with van der Waals surface area (Å²) >= 11 is 0. The molecule has 6 aromatic rings. The summed E-state index contributed by atoms with van der Waals surface area (Å²) in [6.07, 6.45) is 0.395. The predicted octanol–water partition coefficient (Wildman–Crippen LogP) is 7.05. The number of carbonyl (C=O) groups excluding carboxylic acids is 3. The number of benzene rings is 4. The average molecular weight is 610 g/mol. The van der Waals surface area contributed by atoms with Crippen LogP contribution in [0.4, 0.5) is 0 Å². The molecular weight excluding hydrogens is 574 g/mol. The van der Waals surface area contributed by atoms with Gasteiger partial charge in [-0.25, -0.2) is 0 Å². The van der Waals surface area contributed by atoms with Crippen molar-refractivity contribution in [2.45, 2.75) is 39.3 Å². The van der Waals surface area contributed by atoms with Gasteiger partial charge in [-0.2, -0.15) is 0 Å². The van der Waals surface area contributed by atoms with E-state index >= 15 is 0 Å². The summed E-state index contributed by atoms with van der Waals surface area (Å²) in [4.78, 5) is 50.0. The molecule has 8 nitrogen and oxygen atoms in total. The summed E-state index contributed by atoms with van der Waals surface area (Å²) in [6.45, 7) is 6.10. The Bertz CT molecular complexity index is 2070. The van der Waals surface area contributed by atoms with Crippen LogP contribution < -0.4 is 10.9 Å². The molecular formula is C38H35N5O3. The van der Waals surface area contributed by atoms with Gasteiger partial charge in [-0.3, -0.25) is 25.2 Å². The lowest BCUT2D eigenvalue weighted by atomic mass is 9.91. The van der Waals surface area contributed by atoms with Crippen LogP contribution in [0.15, 0.2) is 103 Å². The molecule has 46 heavy (non-hydrogen) atoms. The van der Waals surface area contributed by atoms with Crippen molar-refractivity contribution in [3.63, 3.8) is 0 Å². The van der Waals surface area contributed by atoms with Crippen molar-refractivity contribution >= 4 is 39.5 Å². The monoisotopic (exact) mass is 609 g/mol. The SMILES string of the molecule is Cc1ccc(-c2[nH]c3ccccc3c2C2c3ccccc3C(=O)N2C(CC(C)C)C(=O)NNC(=O)c2cc3ccccc3[nH]2)cc1. The minimum absolute atomic E-state index is 0.0804. The fraction of sp³-hybridized carbons (Fsp3) is 0.184. The van der Waals surface area contributed by atoms with Crippen molar-refractivity contribution in [2.75, 3.05) is 0 Å². The molecule has 0 spiro atoms. The maximum absolute atomic E-state index is 14.4. The molecule has 0 radical (unpaired) electrons. The first-order valence-corrected chi connectivity index (χ1v) is 15.6. The number of hydrazine groups is 1. The van der Waals surface area contributed by atoms with Gasteiger partial charge in [0.1, 0.15) is 11.7 Å². The van der Waals surface area contributed by atoms with Crippen molar-refractivity contribution in [3.05, 3.63) is 131 Å². The Morgan fingerprint density at radius 3 is 2.28 bits per heavy atom. The molecule has 3 amide bonds. The van der Waals surface area contributed by atoms with Gasteiger partial charge in [0, 0.05) is 32.9 Å². The number of para-hydroxylation sites is 2. The minimum Gasteiger partial charge on any atom is -0.354 e. The van der Waals surface area contributed by atoms with E-state index < -0.39 is 23.9 Å². The van der Waals surface area contributed by atoms with Gasteiger partial charge in [-0.1, -0.05) is 98.3 Å². The van der Waals surface area contributed by atoms with Crippen LogP contribution in [0.5, 0.6) is 0 Å². The van der Waals surface area contributed by atoms with Crippen LogP contribution in [0.3, 0.4) is 0 Å². The molecule has 4 aromatic carbocycles. The number of rotatable bonds is 7. The van der Waals surface area contributed by atoms with Gasteiger partial charge in [0.05, 0.1) is 11.7 Å². The number of fused-ring (bicyclic) bond motifs is 3. The number of nitrogens with one attached hydrogen (secondary N) is 4. The molecule has 2 atom stereocenters. The molecule has 3 heterocycles. The van der Waals surface area contributed by atoms with E-state index in [1.165, 1.54) is 0 Å². The summed E-state index contributed by atoms with van der Waals surface area (Å²) in [5.74, 6) is -1.07. The van der Waals surface area contributed by atoms with Crippen molar-refractivity contribution < 1.29 is 14.4 Å². The molecule has 4 N–H and O–H groups in total. The number of aromatic amines is 2. The van der Waals surface area contributed by atoms with Gasteiger partial charge in [0.25, 0.3) is 17.7 Å². The van der Waals surface area contributed by atoms with E-state index in [1.54, 1.807) is 11.0 Å². The van der Waals surface area contributed by atoms with E-state index in [4.69, 9.17) is 0 Å². The Kier molecular flexibility index (Phi) is 7.41. The van der Waals surface area contributed by atoms with Gasteiger partial charge >= 0.3 is 0 Å². The van der Waals surface area contributed by atoms with E-state index in [1.807, 2.05) is 80.6 Å². The number of carbonyl (C=O) groups is 3. The number of nitrogens with zero attached hydrogens (tertiary/aromatic N) is 1. The van der Waals surface area contributed by atoms with Crippen LogP contribution in [0.25, 0.3) is 33.1 Å². The summed E-state index contributed by atoms with van der Waals surface area (Å²) in [6, 6.07) is 31.8. The van der Waals surface area contributed by atoms with Crippen LogP contribution in [-0.4, -0.2) is 38.6 Å². The number of aromatic nitrogens is 2. The molecule has 2 unspecified atom stereocenters. The molecule has 0 fully saturated rings. The maximum atomic E-state index is 14.4. The quantitative estimate of drug-likeness (QED) is 0.146. The molecule has 7 rings (SSSR count). The van der Waals surface area contributed by atoms with Crippen LogP contribution in [0, 0.1) is 12.8 Å². The van der Waals surface area contributed by atoms with Gasteiger partial charge in [-0.15, -0.1) is 0 Å². The van der Waals surface area contributed by atoms with Gasteiger partial charge in [-0.05, 0) is 54.7 Å². The standard InChI is InChI=1S/C38H35N5O3/c1-22(2)20-32(37(45)42-41-36(44)31-21-25-10-4-8-14-29(25)39-31)43-35(26-11-5-6-12-27(26)38(43)46)33-28-13-7-9-15-30(28)40-34(33)24-18-16-23(3)17-19-24/h4-19,21-22,32,35,39-40H,20H2,1-3H3,(H,41,44)(H,42,45). The summed E-state index contributed by atoms with van der Waals surface area (Å²) < 4.78 is 0. The normalized spacial score (nSPS) is 15.0. The summed E-state index contributed by atoms with van der Waals surface area (Å²) in [5.41, 5.74) is 12.7. The zero-order chi connectivity index (χ0) is 31.9. The summed E-state index contributed by atoms with van der Waals surface area (Å²) in [7, 11) is 0. The van der Waals surface area contributed by atoms with E-state index in [0.29, 0.717) is 17.7 Å². The number of hydrogen-bond donors (Lipinski definition) is 4. The van der Waals surface area contributed by atoms with Crippen molar-refractivity contribution in [3.8, 4) is 11.3 Å². The van der Waals surface area contributed by atoms with Crippen molar-refractivity contribution in [1.82, 2.24) is 25.7 Å². The third-order valence-electron chi connectivity index (χ3n) is 8.77. The first kappa shape index (κ1) is 29.1. The zero-order valence-corrected chi connectivity index (χ0v) is 25.9. The van der Waals surface area contributed by atoms with E-state index in [0.717, 1.165) is 49.8 Å². The molecule has 0 saturated carbocycles. The Hall–Kier alpha value is -5.63. The smallest absolute Gasteiger partial charge is 0.286 e. The van der Waals surface area contributed by atoms with Crippen molar-refractivity contribution in [1.29, 1.82) is 0 Å². The van der Waals surface area contributed by atoms with Gasteiger partial charge in [0.15, 0.2) is 0 Å². The zero-order valence-electron chi connectivity index (χ0n) is 25.9. The maximum Gasteiger partial charge on any atom is 0.286 e. The number of H-pyrrole nitrogens is 2. The molecule has 2 aromatic heterocycles. The lowest BCUT2D eigenvalue weighted by Crippen LogP contribution is -2.54. The van der Waals surface area contributed by atoms with Crippen LogP contribution >= 0.6 is 0 Å². The highest BCUT2D eigenvalue weighted by atomic mass is 16.2. The first-order valence-electron chi connectivity index (χ1n) is 15.6. The number of hydrogen-bond acceptors (Lipinski definition) is 3. The average Bonchev–Trinajstić information content (AvgIpc) is 3.75. The second-order valence-corrected chi connectivity index (χ2v) is 12.4.